The van der Waals surface area contributed by atoms with Gasteiger partial charge < -0.3 is 12.4 Å². The predicted octanol–water partition coefficient (Wildman–Crippen LogP) is 0.956. The van der Waals surface area contributed by atoms with Crippen LogP contribution in [0.15, 0.2) is 36.0 Å². The van der Waals surface area contributed by atoms with Crippen molar-refractivity contribution in [3.8, 4) is 0 Å². The fourth-order valence-corrected chi connectivity index (χ4v) is 3.39. The summed E-state index contributed by atoms with van der Waals surface area (Å²) in [5.74, 6) is 0. The molecule has 0 saturated heterocycles. The molecule has 2 nitrogen and oxygen atoms in total. The van der Waals surface area contributed by atoms with Crippen LogP contribution >= 0.6 is 34.5 Å². The van der Waals surface area contributed by atoms with Crippen LogP contribution in [0.2, 0.25) is 10.0 Å². The normalized spacial score (nSPS) is 10.7. The van der Waals surface area contributed by atoms with E-state index in [0.29, 0.717) is 10.0 Å². The third kappa shape index (κ3) is 2.75. The average Bonchev–Trinajstić information content (AvgIpc) is 2.88. The minimum atomic E-state index is 0. The third-order valence-corrected chi connectivity index (χ3v) is 4.61. The summed E-state index contributed by atoms with van der Waals surface area (Å²) in [5.41, 5.74) is 2.32. The molecule has 0 saturated carbocycles. The van der Waals surface area contributed by atoms with Crippen LogP contribution in [0.3, 0.4) is 0 Å². The van der Waals surface area contributed by atoms with Crippen molar-refractivity contribution < 1.29 is 17.0 Å². The van der Waals surface area contributed by atoms with Gasteiger partial charge in [-0.1, -0.05) is 40.6 Å². The lowest BCUT2D eigenvalue weighted by atomic mass is 10.2. The summed E-state index contributed by atoms with van der Waals surface area (Å²) >= 11 is 13.8. The topological polar surface area (TPSA) is 8.29 Å². The van der Waals surface area contributed by atoms with Gasteiger partial charge in [0.15, 0.2) is 0 Å². The van der Waals surface area contributed by atoms with Crippen molar-refractivity contribution in [1.82, 2.24) is 4.40 Å². The van der Waals surface area contributed by atoms with Crippen molar-refractivity contribution in [3.05, 3.63) is 57.3 Å². The zero-order valence-corrected chi connectivity index (χ0v) is 13.2. The number of rotatable bonds is 2. The molecule has 0 radical (unpaired) electrons. The van der Waals surface area contributed by atoms with Gasteiger partial charge in [0.05, 0.1) is 0 Å². The molecule has 2 aromatic heterocycles. The molecule has 0 unspecified atom stereocenters. The first-order valence-electron chi connectivity index (χ1n) is 5.53. The molecule has 3 rings (SSSR count). The molecule has 0 bridgehead atoms. The Morgan fingerprint density at radius 2 is 2.11 bits per heavy atom. The smallest absolute Gasteiger partial charge is 0.346 e. The van der Waals surface area contributed by atoms with Crippen molar-refractivity contribution in [1.29, 1.82) is 0 Å². The zero-order chi connectivity index (χ0) is 12.7. The molecular weight excluding hydrogens is 323 g/mol. The van der Waals surface area contributed by atoms with Gasteiger partial charge in [-0.25, -0.2) is 4.57 Å². The Kier molecular flexibility index (Phi) is 4.41. The van der Waals surface area contributed by atoms with Crippen molar-refractivity contribution in [2.75, 3.05) is 0 Å². The minimum absolute atomic E-state index is 0. The van der Waals surface area contributed by atoms with E-state index < -0.39 is 0 Å². The Morgan fingerprint density at radius 3 is 2.84 bits per heavy atom. The largest absolute Gasteiger partial charge is 1.00 e. The number of imidazole rings is 1. The summed E-state index contributed by atoms with van der Waals surface area (Å²) in [4.78, 5) is 1.21. The van der Waals surface area contributed by atoms with Crippen molar-refractivity contribution >= 4 is 39.5 Å². The molecule has 2 heterocycles. The van der Waals surface area contributed by atoms with Crippen LogP contribution in [0.4, 0.5) is 0 Å². The molecule has 0 fully saturated rings. The van der Waals surface area contributed by atoms with Gasteiger partial charge >= 0.3 is 4.96 Å². The van der Waals surface area contributed by atoms with Gasteiger partial charge in [-0.05, 0) is 19.1 Å². The lowest BCUT2D eigenvalue weighted by Crippen LogP contribution is -3.00. The standard InChI is InChI=1S/C13H11Cl2N2S.ClH/c1-9-8-18-13-16(4-5-17(9)13)7-10-2-3-11(14)6-12(10)15;/h2-6,8H,7H2,1H3;1H/q+1;/p-1. The second kappa shape index (κ2) is 5.71. The summed E-state index contributed by atoms with van der Waals surface area (Å²) in [6, 6.07) is 5.63. The van der Waals surface area contributed by atoms with Gasteiger partial charge in [0, 0.05) is 21.0 Å². The Morgan fingerprint density at radius 1 is 1.32 bits per heavy atom. The number of halogens is 3. The molecule has 0 spiro atoms. The SMILES string of the molecule is Cc1csc2n1cc[n+]2Cc1ccc(Cl)cc1Cl.[Cl-]. The maximum absolute atomic E-state index is 6.20. The molecule has 100 valence electrons. The summed E-state index contributed by atoms with van der Waals surface area (Å²) in [6.07, 6.45) is 4.15. The molecule has 0 aliphatic carbocycles. The van der Waals surface area contributed by atoms with E-state index in [9.17, 15) is 0 Å². The lowest BCUT2D eigenvalue weighted by molar-refractivity contribution is -0.659. The average molecular weight is 334 g/mol. The van der Waals surface area contributed by atoms with Crippen LogP contribution in [0.25, 0.3) is 4.96 Å². The van der Waals surface area contributed by atoms with Gasteiger partial charge in [0.25, 0.3) is 0 Å². The highest BCUT2D eigenvalue weighted by Gasteiger charge is 2.15. The highest BCUT2D eigenvalue weighted by molar-refractivity contribution is 7.14. The molecular formula is C13H11Cl3N2S. The Hall–Kier alpha value is -0.740. The van der Waals surface area contributed by atoms with Crippen molar-refractivity contribution in [2.45, 2.75) is 13.5 Å². The molecule has 0 aliphatic heterocycles. The highest BCUT2D eigenvalue weighted by atomic mass is 35.5. The Bertz CT molecular complexity index is 718. The first-order chi connectivity index (χ1) is 8.65. The summed E-state index contributed by atoms with van der Waals surface area (Å²) in [7, 11) is 0. The number of nitrogens with zero attached hydrogens (tertiary/aromatic N) is 2. The number of hydrogen-bond donors (Lipinski definition) is 0. The molecule has 0 atom stereocenters. The van der Waals surface area contributed by atoms with Crippen molar-refractivity contribution in [3.63, 3.8) is 0 Å². The monoisotopic (exact) mass is 332 g/mol. The Balaban J connectivity index is 0.00000133. The summed E-state index contributed by atoms with van der Waals surface area (Å²) < 4.78 is 4.36. The van der Waals surface area contributed by atoms with Gasteiger partial charge in [0.2, 0.25) is 0 Å². The molecule has 6 heteroatoms. The van der Waals surface area contributed by atoms with E-state index in [-0.39, 0.29) is 12.4 Å². The van der Waals surface area contributed by atoms with E-state index >= 15 is 0 Å². The fourth-order valence-electron chi connectivity index (χ4n) is 1.95. The third-order valence-electron chi connectivity index (χ3n) is 2.92. The molecule has 19 heavy (non-hydrogen) atoms. The van der Waals surface area contributed by atoms with Gasteiger partial charge in [-0.2, -0.15) is 4.40 Å². The zero-order valence-electron chi connectivity index (χ0n) is 10.1. The van der Waals surface area contributed by atoms with E-state index in [0.717, 1.165) is 12.1 Å². The molecule has 0 aliphatic rings. The van der Waals surface area contributed by atoms with E-state index in [1.807, 2.05) is 12.1 Å². The quantitative estimate of drug-likeness (QED) is 0.617. The number of aromatic nitrogens is 2. The summed E-state index contributed by atoms with van der Waals surface area (Å²) in [6.45, 7) is 2.86. The van der Waals surface area contributed by atoms with Crippen LogP contribution in [0.1, 0.15) is 11.3 Å². The highest BCUT2D eigenvalue weighted by Crippen LogP contribution is 2.21. The van der Waals surface area contributed by atoms with Crippen LogP contribution in [0.5, 0.6) is 0 Å². The molecule has 3 aromatic rings. The van der Waals surface area contributed by atoms with Crippen LogP contribution in [-0.4, -0.2) is 4.40 Å². The minimum Gasteiger partial charge on any atom is -1.00 e. The molecule has 1 aromatic carbocycles. The van der Waals surface area contributed by atoms with Crippen molar-refractivity contribution in [2.24, 2.45) is 0 Å². The number of fused-ring (bicyclic) bond motifs is 1. The van der Waals surface area contributed by atoms with Gasteiger partial charge in [-0.15, -0.1) is 0 Å². The molecule has 0 N–H and O–H groups in total. The number of aryl methyl sites for hydroxylation is 1. The van der Waals surface area contributed by atoms with E-state index in [4.69, 9.17) is 23.2 Å². The van der Waals surface area contributed by atoms with Crippen LogP contribution < -0.4 is 17.0 Å². The van der Waals surface area contributed by atoms with E-state index in [1.165, 1.54) is 10.7 Å². The second-order valence-corrected chi connectivity index (χ2v) is 5.87. The molecule has 0 amide bonds. The second-order valence-electron chi connectivity index (χ2n) is 4.19. The van der Waals surface area contributed by atoms with E-state index in [1.54, 1.807) is 17.4 Å². The first kappa shape index (κ1) is 14.7. The number of thiazole rings is 1. The van der Waals surface area contributed by atoms with Crippen LogP contribution in [-0.2, 0) is 6.54 Å². The van der Waals surface area contributed by atoms with Crippen LogP contribution in [0, 0.1) is 6.92 Å². The summed E-state index contributed by atoms with van der Waals surface area (Å²) in [5, 5.41) is 3.53. The number of hydrogen-bond acceptors (Lipinski definition) is 1. The van der Waals surface area contributed by atoms with E-state index in [2.05, 4.69) is 33.7 Å². The lowest BCUT2D eigenvalue weighted by Gasteiger charge is -2.01. The fraction of sp³-hybridized carbons (Fsp3) is 0.154. The maximum Gasteiger partial charge on any atom is 0.346 e. The first-order valence-corrected chi connectivity index (χ1v) is 7.17. The maximum atomic E-state index is 6.20. The Labute approximate surface area is 131 Å². The predicted molar refractivity (Wildman–Crippen MR) is 75.8 cm³/mol. The van der Waals surface area contributed by atoms with Gasteiger partial charge in [0.1, 0.15) is 24.6 Å². The van der Waals surface area contributed by atoms with Gasteiger partial charge in [-0.3, -0.25) is 0 Å². The number of benzene rings is 1.